The Hall–Kier alpha value is -3.13. The van der Waals surface area contributed by atoms with E-state index in [2.05, 4.69) is 0 Å². The summed E-state index contributed by atoms with van der Waals surface area (Å²) in [6, 6.07) is 12.1. The number of carbonyl (C=O) groups excluding carboxylic acids is 1. The fourth-order valence-corrected chi connectivity index (χ4v) is 3.21. The van der Waals surface area contributed by atoms with Gasteiger partial charge in [-0.15, -0.1) is 0 Å². The number of hydrogen-bond donors (Lipinski definition) is 0. The van der Waals surface area contributed by atoms with Crippen LogP contribution in [-0.4, -0.2) is 62.2 Å². The number of nitrogens with zero attached hydrogens (tertiary/aromatic N) is 3. The first-order valence-corrected chi connectivity index (χ1v) is 9.52. The monoisotopic (exact) mass is 399 g/mol. The van der Waals surface area contributed by atoms with Crippen molar-refractivity contribution in [1.29, 1.82) is 0 Å². The van der Waals surface area contributed by atoms with E-state index in [0.717, 1.165) is 11.3 Å². The molecule has 2 aromatic carbocycles. The van der Waals surface area contributed by atoms with Crippen LogP contribution in [0.3, 0.4) is 0 Å². The molecule has 8 heteroatoms. The zero-order valence-corrected chi connectivity index (χ0v) is 16.7. The average Bonchev–Trinajstić information content (AvgIpc) is 2.74. The van der Waals surface area contributed by atoms with Gasteiger partial charge in [0, 0.05) is 32.3 Å². The Balaban J connectivity index is 1.74. The summed E-state index contributed by atoms with van der Waals surface area (Å²) in [6.07, 6.45) is 0. The van der Waals surface area contributed by atoms with E-state index in [-0.39, 0.29) is 11.6 Å². The van der Waals surface area contributed by atoms with Gasteiger partial charge >= 0.3 is 0 Å². The predicted octanol–water partition coefficient (Wildman–Crippen LogP) is 2.89. The van der Waals surface area contributed by atoms with E-state index in [0.29, 0.717) is 50.7 Å². The van der Waals surface area contributed by atoms with Crippen LogP contribution >= 0.6 is 0 Å². The highest BCUT2D eigenvalue weighted by atomic mass is 16.6. The van der Waals surface area contributed by atoms with Crippen molar-refractivity contribution < 1.29 is 19.2 Å². The van der Waals surface area contributed by atoms with Crippen LogP contribution in [0, 0.1) is 17.0 Å². The number of nitro benzene ring substituents is 1. The van der Waals surface area contributed by atoms with Crippen LogP contribution in [0.2, 0.25) is 0 Å². The van der Waals surface area contributed by atoms with Gasteiger partial charge in [-0.05, 0) is 24.6 Å². The number of benzene rings is 2. The molecule has 0 spiro atoms. The van der Waals surface area contributed by atoms with E-state index >= 15 is 0 Å². The third-order valence-corrected chi connectivity index (χ3v) is 4.90. The van der Waals surface area contributed by atoms with E-state index in [1.807, 2.05) is 36.1 Å². The molecule has 0 bridgehead atoms. The van der Waals surface area contributed by atoms with Crippen molar-refractivity contribution in [3.8, 4) is 5.75 Å². The molecule has 0 radical (unpaired) electrons. The maximum absolute atomic E-state index is 13.1. The van der Waals surface area contributed by atoms with Crippen LogP contribution < -0.4 is 9.64 Å². The number of nitro groups is 1. The van der Waals surface area contributed by atoms with Crippen LogP contribution in [0.15, 0.2) is 42.5 Å². The van der Waals surface area contributed by atoms with Gasteiger partial charge < -0.3 is 19.3 Å². The third kappa shape index (κ3) is 5.03. The van der Waals surface area contributed by atoms with Crippen molar-refractivity contribution in [3.63, 3.8) is 0 Å². The minimum atomic E-state index is -0.485. The summed E-state index contributed by atoms with van der Waals surface area (Å²) in [6.45, 7) is 5.04. The van der Waals surface area contributed by atoms with Crippen molar-refractivity contribution in [3.05, 3.63) is 63.7 Å². The Morgan fingerprint density at radius 1 is 1.24 bits per heavy atom. The molecule has 1 amide bonds. The molecule has 29 heavy (non-hydrogen) atoms. The maximum Gasteiger partial charge on any atom is 0.270 e. The molecule has 0 aromatic heterocycles. The van der Waals surface area contributed by atoms with Crippen LogP contribution in [0.25, 0.3) is 0 Å². The molecular weight excluding hydrogens is 374 g/mol. The largest absolute Gasteiger partial charge is 0.491 e. The highest BCUT2D eigenvalue weighted by Crippen LogP contribution is 2.27. The number of para-hydroxylation sites is 1. The number of anilines is 1. The van der Waals surface area contributed by atoms with E-state index in [9.17, 15) is 14.9 Å². The number of aryl methyl sites for hydroxylation is 1. The Labute approximate surface area is 169 Å². The fraction of sp³-hybridized carbons (Fsp3) is 0.381. The first kappa shape index (κ1) is 20.6. The summed E-state index contributed by atoms with van der Waals surface area (Å²) in [5.41, 5.74) is 1.93. The number of hydrogen-bond acceptors (Lipinski definition) is 6. The highest BCUT2D eigenvalue weighted by Gasteiger charge is 2.24. The van der Waals surface area contributed by atoms with Gasteiger partial charge in [-0.3, -0.25) is 14.9 Å². The van der Waals surface area contributed by atoms with Crippen LogP contribution in [-0.2, 0) is 4.74 Å². The number of morpholine rings is 1. The molecule has 0 aliphatic carbocycles. The van der Waals surface area contributed by atoms with Gasteiger partial charge in [0.15, 0.2) is 0 Å². The van der Waals surface area contributed by atoms with Gasteiger partial charge in [0.05, 0.1) is 35.9 Å². The number of amides is 1. The molecule has 0 saturated carbocycles. The lowest BCUT2D eigenvalue weighted by Gasteiger charge is -2.31. The van der Waals surface area contributed by atoms with Gasteiger partial charge in [-0.25, -0.2) is 0 Å². The molecule has 2 aromatic rings. The topological polar surface area (TPSA) is 85.1 Å². The first-order valence-electron chi connectivity index (χ1n) is 9.52. The normalized spacial score (nSPS) is 13.8. The van der Waals surface area contributed by atoms with E-state index in [4.69, 9.17) is 9.47 Å². The number of likely N-dealkylation sites (N-methyl/N-ethyl adjacent to an activating group) is 1. The lowest BCUT2D eigenvalue weighted by atomic mass is 10.1. The van der Waals surface area contributed by atoms with Crippen molar-refractivity contribution in [2.45, 2.75) is 6.92 Å². The number of carbonyl (C=O) groups is 1. The Morgan fingerprint density at radius 2 is 1.97 bits per heavy atom. The highest BCUT2D eigenvalue weighted by molar-refractivity contribution is 6.00. The van der Waals surface area contributed by atoms with Gasteiger partial charge in [-0.1, -0.05) is 18.2 Å². The number of non-ortho nitro benzene ring substituents is 1. The summed E-state index contributed by atoms with van der Waals surface area (Å²) < 4.78 is 11.1. The standard InChI is InChI=1S/C21H25N3O5/c1-16-5-3-4-6-20(16)29-14-9-22(2)21(25)18-15-17(24(26)27)7-8-19(18)23-10-12-28-13-11-23/h3-8,15H,9-14H2,1-2H3. The molecule has 1 heterocycles. The average molecular weight is 399 g/mol. The summed E-state index contributed by atoms with van der Waals surface area (Å²) >= 11 is 0. The van der Waals surface area contributed by atoms with Gasteiger partial charge in [0.1, 0.15) is 12.4 Å². The van der Waals surface area contributed by atoms with Crippen LogP contribution in [0.5, 0.6) is 5.75 Å². The second kappa shape index (κ2) is 9.38. The number of ether oxygens (including phenoxy) is 2. The molecule has 3 rings (SSSR count). The van der Waals surface area contributed by atoms with Crippen LogP contribution in [0.4, 0.5) is 11.4 Å². The SMILES string of the molecule is Cc1ccccc1OCCN(C)C(=O)c1cc([N+](=O)[O-])ccc1N1CCOCC1. The zero-order chi connectivity index (χ0) is 20.8. The molecule has 154 valence electrons. The second-order valence-electron chi connectivity index (χ2n) is 6.90. The summed E-state index contributed by atoms with van der Waals surface area (Å²) in [5, 5.41) is 11.2. The Bertz CT molecular complexity index is 880. The maximum atomic E-state index is 13.1. The smallest absolute Gasteiger partial charge is 0.270 e. The quantitative estimate of drug-likeness (QED) is 0.526. The van der Waals surface area contributed by atoms with Gasteiger partial charge in [0.2, 0.25) is 0 Å². The summed E-state index contributed by atoms with van der Waals surface area (Å²) in [7, 11) is 1.67. The zero-order valence-electron chi connectivity index (χ0n) is 16.7. The molecule has 0 N–H and O–H groups in total. The minimum Gasteiger partial charge on any atom is -0.491 e. The summed E-state index contributed by atoms with van der Waals surface area (Å²) in [5.74, 6) is 0.501. The van der Waals surface area contributed by atoms with Crippen molar-refractivity contribution in [2.75, 3.05) is 51.4 Å². The Kier molecular flexibility index (Phi) is 6.66. The van der Waals surface area contributed by atoms with Gasteiger partial charge in [0.25, 0.3) is 11.6 Å². The molecule has 1 aliphatic heterocycles. The molecular formula is C21H25N3O5. The van der Waals surface area contributed by atoms with E-state index in [1.54, 1.807) is 13.1 Å². The molecule has 1 saturated heterocycles. The molecule has 0 unspecified atom stereocenters. The minimum absolute atomic E-state index is 0.102. The predicted molar refractivity (Wildman–Crippen MR) is 110 cm³/mol. The lowest BCUT2D eigenvalue weighted by Crippen LogP contribution is -2.38. The molecule has 0 atom stereocenters. The first-order chi connectivity index (χ1) is 14.0. The Morgan fingerprint density at radius 3 is 2.66 bits per heavy atom. The van der Waals surface area contributed by atoms with E-state index in [1.165, 1.54) is 17.0 Å². The molecule has 8 nitrogen and oxygen atoms in total. The third-order valence-electron chi connectivity index (χ3n) is 4.90. The van der Waals surface area contributed by atoms with Crippen molar-refractivity contribution in [2.24, 2.45) is 0 Å². The molecule has 1 aliphatic rings. The van der Waals surface area contributed by atoms with E-state index < -0.39 is 4.92 Å². The number of rotatable bonds is 7. The van der Waals surface area contributed by atoms with Crippen molar-refractivity contribution >= 4 is 17.3 Å². The molecule has 1 fully saturated rings. The van der Waals surface area contributed by atoms with Crippen molar-refractivity contribution in [1.82, 2.24) is 4.90 Å². The lowest BCUT2D eigenvalue weighted by molar-refractivity contribution is -0.384. The fourth-order valence-electron chi connectivity index (χ4n) is 3.21. The van der Waals surface area contributed by atoms with Crippen LogP contribution in [0.1, 0.15) is 15.9 Å². The second-order valence-corrected chi connectivity index (χ2v) is 6.90. The van der Waals surface area contributed by atoms with Gasteiger partial charge in [-0.2, -0.15) is 0 Å². The summed E-state index contributed by atoms with van der Waals surface area (Å²) in [4.78, 5) is 27.4.